The van der Waals surface area contributed by atoms with E-state index in [0.29, 0.717) is 19.1 Å². The van der Waals surface area contributed by atoms with Crippen molar-refractivity contribution in [3.05, 3.63) is 0 Å². The van der Waals surface area contributed by atoms with Crippen molar-refractivity contribution in [2.75, 3.05) is 39.4 Å². The van der Waals surface area contributed by atoms with Crippen LogP contribution in [0.2, 0.25) is 0 Å². The summed E-state index contributed by atoms with van der Waals surface area (Å²) in [6.07, 6.45) is 4.07. The van der Waals surface area contributed by atoms with Crippen LogP contribution in [0.3, 0.4) is 0 Å². The minimum Gasteiger partial charge on any atom is -0.347 e. The molecule has 1 spiro atoms. The normalized spacial score (nSPS) is 29.0. The summed E-state index contributed by atoms with van der Waals surface area (Å²) in [7, 11) is 0. The van der Waals surface area contributed by atoms with Gasteiger partial charge in [0, 0.05) is 39.0 Å². The second-order valence-electron chi connectivity index (χ2n) is 5.85. The monoisotopic (exact) mass is 268 g/mol. The van der Waals surface area contributed by atoms with Crippen LogP contribution in [0.15, 0.2) is 0 Å². The Morgan fingerprint density at radius 1 is 1.05 bits per heavy atom. The third-order valence-corrected chi connectivity index (χ3v) is 4.70. The average Bonchev–Trinajstić information content (AvgIpc) is 3.10. The maximum absolute atomic E-state index is 12.4. The molecular formula is C14H24N2O3. The van der Waals surface area contributed by atoms with Crippen molar-refractivity contribution < 1.29 is 14.3 Å². The Kier molecular flexibility index (Phi) is 3.78. The number of rotatable bonds is 2. The van der Waals surface area contributed by atoms with Gasteiger partial charge in [-0.3, -0.25) is 9.69 Å². The van der Waals surface area contributed by atoms with Crippen molar-refractivity contribution >= 4 is 5.91 Å². The molecule has 1 amide bonds. The Balaban J connectivity index is 1.54. The molecule has 0 aliphatic carbocycles. The van der Waals surface area contributed by atoms with Crippen molar-refractivity contribution in [3.63, 3.8) is 0 Å². The highest BCUT2D eigenvalue weighted by molar-refractivity contribution is 5.81. The van der Waals surface area contributed by atoms with E-state index in [0.717, 1.165) is 51.9 Å². The Hall–Kier alpha value is -0.650. The lowest BCUT2D eigenvalue weighted by atomic mass is 10.0. The fourth-order valence-corrected chi connectivity index (χ4v) is 3.40. The molecule has 0 N–H and O–H groups in total. The quantitative estimate of drug-likeness (QED) is 0.744. The number of piperidine rings is 1. The minimum atomic E-state index is -0.340. The third kappa shape index (κ3) is 2.64. The highest BCUT2D eigenvalue weighted by Gasteiger charge is 2.41. The molecule has 3 rings (SSSR count). The molecule has 5 nitrogen and oxygen atoms in total. The van der Waals surface area contributed by atoms with Gasteiger partial charge in [-0.05, 0) is 19.8 Å². The number of hydrogen-bond donors (Lipinski definition) is 0. The fourth-order valence-electron chi connectivity index (χ4n) is 3.40. The summed E-state index contributed by atoms with van der Waals surface area (Å²) in [5, 5.41) is 0. The van der Waals surface area contributed by atoms with Gasteiger partial charge in [-0.2, -0.15) is 0 Å². The van der Waals surface area contributed by atoms with Crippen molar-refractivity contribution in [2.24, 2.45) is 0 Å². The molecule has 0 radical (unpaired) electrons. The smallest absolute Gasteiger partial charge is 0.239 e. The molecule has 19 heavy (non-hydrogen) atoms. The topological polar surface area (TPSA) is 42.0 Å². The van der Waals surface area contributed by atoms with Crippen molar-refractivity contribution in [2.45, 2.75) is 44.4 Å². The lowest BCUT2D eigenvalue weighted by molar-refractivity contribution is -0.188. The van der Waals surface area contributed by atoms with Crippen LogP contribution in [0.4, 0.5) is 0 Å². The first-order valence-electron chi connectivity index (χ1n) is 7.51. The molecule has 5 heteroatoms. The summed E-state index contributed by atoms with van der Waals surface area (Å²) in [6, 6.07) is -0.00291. The molecule has 1 atom stereocenters. The van der Waals surface area contributed by atoms with Gasteiger partial charge in [0.1, 0.15) is 0 Å². The summed E-state index contributed by atoms with van der Waals surface area (Å²) in [5.74, 6) is -0.0471. The molecule has 3 aliphatic rings. The van der Waals surface area contributed by atoms with E-state index in [-0.39, 0.29) is 11.8 Å². The van der Waals surface area contributed by atoms with E-state index < -0.39 is 0 Å². The Labute approximate surface area is 114 Å². The average molecular weight is 268 g/mol. The van der Waals surface area contributed by atoms with E-state index in [1.54, 1.807) is 0 Å². The standard InChI is InChI=1S/C14H24N2O3/c1-12(13(17)16-6-2-3-7-16)15-8-4-14(5-9-15)18-10-11-19-14/h12H,2-11H2,1H3. The molecule has 1 unspecified atom stereocenters. The van der Waals surface area contributed by atoms with Crippen LogP contribution in [-0.4, -0.2) is 66.9 Å². The van der Waals surface area contributed by atoms with Gasteiger partial charge in [-0.1, -0.05) is 0 Å². The number of amides is 1. The highest BCUT2D eigenvalue weighted by atomic mass is 16.7. The Morgan fingerprint density at radius 3 is 2.21 bits per heavy atom. The van der Waals surface area contributed by atoms with Crippen LogP contribution >= 0.6 is 0 Å². The molecule has 0 saturated carbocycles. The first kappa shape index (κ1) is 13.3. The van der Waals surface area contributed by atoms with E-state index in [4.69, 9.17) is 9.47 Å². The van der Waals surface area contributed by atoms with Crippen LogP contribution < -0.4 is 0 Å². The van der Waals surface area contributed by atoms with Crippen molar-refractivity contribution in [1.29, 1.82) is 0 Å². The van der Waals surface area contributed by atoms with Crippen LogP contribution in [0.5, 0.6) is 0 Å². The molecule has 0 aromatic rings. The molecule has 0 aromatic carbocycles. The minimum absolute atomic E-state index is 0.00291. The first-order chi connectivity index (χ1) is 9.20. The molecule has 3 saturated heterocycles. The molecule has 3 heterocycles. The van der Waals surface area contributed by atoms with Gasteiger partial charge in [0.15, 0.2) is 5.79 Å². The fraction of sp³-hybridized carbons (Fsp3) is 0.929. The largest absolute Gasteiger partial charge is 0.347 e. The summed E-state index contributed by atoms with van der Waals surface area (Å²) in [5.41, 5.74) is 0. The second kappa shape index (κ2) is 5.38. The predicted molar refractivity (Wildman–Crippen MR) is 70.7 cm³/mol. The SMILES string of the molecule is CC(C(=O)N1CCCC1)N1CCC2(CC1)OCCO2. The van der Waals surface area contributed by atoms with E-state index in [1.807, 2.05) is 11.8 Å². The number of ether oxygens (including phenoxy) is 2. The van der Waals surface area contributed by atoms with Crippen LogP contribution in [0, 0.1) is 0 Å². The molecule has 3 aliphatic heterocycles. The van der Waals surface area contributed by atoms with E-state index in [9.17, 15) is 4.79 Å². The maximum Gasteiger partial charge on any atom is 0.239 e. The summed E-state index contributed by atoms with van der Waals surface area (Å²) in [6.45, 7) is 7.11. The van der Waals surface area contributed by atoms with E-state index in [1.165, 1.54) is 0 Å². The van der Waals surface area contributed by atoms with Gasteiger partial charge in [-0.25, -0.2) is 0 Å². The third-order valence-electron chi connectivity index (χ3n) is 4.70. The van der Waals surface area contributed by atoms with Crippen LogP contribution in [0.1, 0.15) is 32.6 Å². The van der Waals surface area contributed by atoms with E-state index in [2.05, 4.69) is 4.90 Å². The first-order valence-corrected chi connectivity index (χ1v) is 7.51. The summed E-state index contributed by atoms with van der Waals surface area (Å²) in [4.78, 5) is 16.7. The lowest BCUT2D eigenvalue weighted by Gasteiger charge is -2.40. The number of likely N-dealkylation sites (tertiary alicyclic amines) is 2. The molecule has 3 fully saturated rings. The van der Waals surface area contributed by atoms with Crippen molar-refractivity contribution in [1.82, 2.24) is 9.80 Å². The van der Waals surface area contributed by atoms with Gasteiger partial charge >= 0.3 is 0 Å². The summed E-state index contributed by atoms with van der Waals surface area (Å²) < 4.78 is 11.5. The van der Waals surface area contributed by atoms with Gasteiger partial charge in [-0.15, -0.1) is 0 Å². The number of hydrogen-bond acceptors (Lipinski definition) is 4. The van der Waals surface area contributed by atoms with Crippen molar-refractivity contribution in [3.8, 4) is 0 Å². The lowest BCUT2D eigenvalue weighted by Crippen LogP contribution is -2.52. The van der Waals surface area contributed by atoms with E-state index >= 15 is 0 Å². The van der Waals surface area contributed by atoms with Gasteiger partial charge < -0.3 is 14.4 Å². The highest BCUT2D eigenvalue weighted by Crippen LogP contribution is 2.32. The summed E-state index contributed by atoms with van der Waals surface area (Å²) >= 11 is 0. The molecule has 108 valence electrons. The van der Waals surface area contributed by atoms with Gasteiger partial charge in [0.25, 0.3) is 0 Å². The zero-order valence-corrected chi connectivity index (χ0v) is 11.8. The van der Waals surface area contributed by atoms with Gasteiger partial charge in [0.2, 0.25) is 5.91 Å². The van der Waals surface area contributed by atoms with Crippen LogP contribution in [0.25, 0.3) is 0 Å². The Morgan fingerprint density at radius 2 is 1.63 bits per heavy atom. The van der Waals surface area contributed by atoms with Gasteiger partial charge in [0.05, 0.1) is 19.3 Å². The predicted octanol–water partition coefficient (Wildman–Crippen LogP) is 0.836. The number of nitrogens with zero attached hydrogens (tertiary/aromatic N) is 2. The molecule has 0 aromatic heterocycles. The Bertz CT molecular complexity index is 326. The molecule has 0 bridgehead atoms. The number of carbonyl (C=O) groups excluding carboxylic acids is 1. The zero-order chi connectivity index (χ0) is 13.3. The number of carbonyl (C=O) groups is 1. The maximum atomic E-state index is 12.4. The van der Waals surface area contributed by atoms with Crippen LogP contribution in [-0.2, 0) is 14.3 Å². The second-order valence-corrected chi connectivity index (χ2v) is 5.85. The zero-order valence-electron chi connectivity index (χ0n) is 11.8. The molecular weight excluding hydrogens is 244 g/mol.